The zero-order chi connectivity index (χ0) is 25.9. The Morgan fingerprint density at radius 1 is 1.11 bits per heavy atom. The van der Waals surface area contributed by atoms with Crippen molar-refractivity contribution in [1.29, 1.82) is 0 Å². The van der Waals surface area contributed by atoms with E-state index in [1.165, 1.54) is 18.2 Å². The van der Waals surface area contributed by atoms with Crippen LogP contribution in [0, 0.1) is 11.7 Å². The number of carbonyl (C=O) groups excluding carboxylic acids is 1. The molecule has 2 fully saturated rings. The Bertz CT molecular complexity index is 1370. The molecule has 190 valence electrons. The zero-order valence-electron chi connectivity index (χ0n) is 19.9. The molecule has 0 spiro atoms. The second-order valence-corrected chi connectivity index (χ2v) is 9.48. The van der Waals surface area contributed by atoms with Gasteiger partial charge in [0.25, 0.3) is 0 Å². The van der Waals surface area contributed by atoms with Gasteiger partial charge in [-0.05, 0) is 54.3 Å². The van der Waals surface area contributed by atoms with Gasteiger partial charge in [0, 0.05) is 55.6 Å². The van der Waals surface area contributed by atoms with Gasteiger partial charge in [-0.3, -0.25) is 4.79 Å². The van der Waals surface area contributed by atoms with Crippen LogP contribution in [0.1, 0.15) is 18.4 Å². The van der Waals surface area contributed by atoms with Crippen LogP contribution in [-0.2, 0) is 9.59 Å². The number of aromatic nitrogens is 2. The van der Waals surface area contributed by atoms with E-state index >= 15 is 0 Å². The van der Waals surface area contributed by atoms with Gasteiger partial charge in [0.05, 0.1) is 5.02 Å². The summed E-state index contributed by atoms with van der Waals surface area (Å²) in [7, 11) is 0. The number of amides is 1. The number of carboxylic acid groups (broad SMARTS) is 1. The molecule has 2 heterocycles. The molecule has 1 aliphatic carbocycles. The van der Waals surface area contributed by atoms with E-state index in [2.05, 4.69) is 15.2 Å². The predicted molar refractivity (Wildman–Crippen MR) is 140 cm³/mol. The Morgan fingerprint density at radius 3 is 2.59 bits per heavy atom. The van der Waals surface area contributed by atoms with Gasteiger partial charge in [0.1, 0.15) is 11.6 Å². The standard InChI is InChI=1S/C27H25ClFN5O3/c28-22-15-20(7-8-23(22)29)31-27-30-16-21(19-3-1-2-17(14-19)4-9-24(35)36)25(32-27)33-10-12-34(13-11-33)26(37)18-5-6-18/h1-4,7-9,14-16,18H,5-6,10-13H2,(H,35,36)(H,30,31,32). The van der Waals surface area contributed by atoms with Crippen LogP contribution in [0.4, 0.5) is 21.8 Å². The fourth-order valence-electron chi connectivity index (χ4n) is 4.29. The van der Waals surface area contributed by atoms with Crippen molar-refractivity contribution in [3.05, 3.63) is 71.1 Å². The quantitative estimate of drug-likeness (QED) is 0.429. The Labute approximate surface area is 218 Å². The number of anilines is 3. The van der Waals surface area contributed by atoms with Gasteiger partial charge in [-0.1, -0.05) is 29.8 Å². The number of carboxylic acids is 1. The molecular formula is C27H25ClFN5O3. The average Bonchev–Trinajstić information content (AvgIpc) is 3.75. The monoisotopic (exact) mass is 521 g/mol. The highest BCUT2D eigenvalue weighted by atomic mass is 35.5. The summed E-state index contributed by atoms with van der Waals surface area (Å²) in [6, 6.07) is 11.8. The summed E-state index contributed by atoms with van der Waals surface area (Å²) in [5.41, 5.74) is 2.88. The first-order valence-electron chi connectivity index (χ1n) is 12.0. The van der Waals surface area contributed by atoms with E-state index in [1.807, 2.05) is 29.2 Å². The van der Waals surface area contributed by atoms with E-state index in [4.69, 9.17) is 21.7 Å². The Hall–Kier alpha value is -3.98. The summed E-state index contributed by atoms with van der Waals surface area (Å²) in [5.74, 6) is -0.121. The van der Waals surface area contributed by atoms with Crippen LogP contribution in [0.15, 0.2) is 54.7 Å². The van der Waals surface area contributed by atoms with Crippen molar-refractivity contribution in [2.45, 2.75) is 12.8 Å². The molecule has 1 amide bonds. The van der Waals surface area contributed by atoms with Gasteiger partial charge in [-0.15, -0.1) is 0 Å². The third-order valence-electron chi connectivity index (χ3n) is 6.38. The van der Waals surface area contributed by atoms with E-state index < -0.39 is 11.8 Å². The van der Waals surface area contributed by atoms with E-state index in [9.17, 15) is 14.0 Å². The largest absolute Gasteiger partial charge is 0.478 e. The highest BCUT2D eigenvalue weighted by Crippen LogP contribution is 2.34. The second-order valence-electron chi connectivity index (χ2n) is 9.07. The molecule has 1 saturated carbocycles. The summed E-state index contributed by atoms with van der Waals surface area (Å²) in [4.78, 5) is 36.8. The number of aliphatic carboxylic acids is 1. The molecule has 0 unspecified atom stereocenters. The van der Waals surface area contributed by atoms with Gasteiger partial charge in [0.15, 0.2) is 0 Å². The minimum atomic E-state index is -1.02. The molecule has 3 aromatic rings. The summed E-state index contributed by atoms with van der Waals surface area (Å²) in [6.45, 7) is 2.44. The van der Waals surface area contributed by atoms with Crippen LogP contribution in [0.2, 0.25) is 5.02 Å². The lowest BCUT2D eigenvalue weighted by Gasteiger charge is -2.36. The van der Waals surface area contributed by atoms with Crippen LogP contribution >= 0.6 is 11.6 Å². The summed E-state index contributed by atoms with van der Waals surface area (Å²) in [5, 5.41) is 12.1. The normalized spacial score (nSPS) is 15.7. The molecule has 2 aliphatic rings. The van der Waals surface area contributed by atoms with Crippen LogP contribution < -0.4 is 10.2 Å². The Kier molecular flexibility index (Phi) is 7.05. The van der Waals surface area contributed by atoms with Crippen molar-refractivity contribution < 1.29 is 19.1 Å². The Balaban J connectivity index is 1.46. The fraction of sp³-hybridized carbons (Fsp3) is 0.259. The van der Waals surface area contributed by atoms with E-state index in [0.717, 1.165) is 35.6 Å². The number of nitrogens with zero attached hydrogens (tertiary/aromatic N) is 4. The first kappa shape index (κ1) is 24.7. The van der Waals surface area contributed by atoms with Crippen molar-refractivity contribution in [1.82, 2.24) is 14.9 Å². The SMILES string of the molecule is O=C(O)C=Cc1cccc(-c2cnc(Nc3ccc(F)c(Cl)c3)nc2N2CCN(C(=O)C3CC3)CC2)c1. The number of piperazine rings is 1. The molecule has 37 heavy (non-hydrogen) atoms. The third kappa shape index (κ3) is 5.89. The molecule has 0 radical (unpaired) electrons. The van der Waals surface area contributed by atoms with Crippen molar-refractivity contribution in [3.8, 4) is 11.1 Å². The predicted octanol–water partition coefficient (Wildman–Crippen LogP) is 4.84. The minimum Gasteiger partial charge on any atom is -0.478 e. The number of benzene rings is 2. The third-order valence-corrected chi connectivity index (χ3v) is 6.67. The molecule has 10 heteroatoms. The van der Waals surface area contributed by atoms with Crippen molar-refractivity contribution >= 4 is 47.0 Å². The van der Waals surface area contributed by atoms with Gasteiger partial charge < -0.3 is 20.2 Å². The molecule has 1 aliphatic heterocycles. The first-order valence-corrected chi connectivity index (χ1v) is 12.4. The van der Waals surface area contributed by atoms with Crippen molar-refractivity contribution in [2.75, 3.05) is 36.4 Å². The van der Waals surface area contributed by atoms with Crippen LogP contribution in [0.3, 0.4) is 0 Å². The lowest BCUT2D eigenvalue weighted by atomic mass is 10.0. The van der Waals surface area contributed by atoms with Crippen LogP contribution in [0.5, 0.6) is 0 Å². The highest BCUT2D eigenvalue weighted by Gasteiger charge is 2.35. The molecule has 1 saturated heterocycles. The number of hydrogen-bond donors (Lipinski definition) is 2. The molecule has 0 bridgehead atoms. The topological polar surface area (TPSA) is 98.7 Å². The zero-order valence-corrected chi connectivity index (χ0v) is 20.7. The average molecular weight is 522 g/mol. The maximum absolute atomic E-state index is 13.6. The second kappa shape index (κ2) is 10.6. The van der Waals surface area contributed by atoms with Gasteiger partial charge in [-0.25, -0.2) is 14.2 Å². The molecule has 5 rings (SSSR count). The molecule has 2 aromatic carbocycles. The van der Waals surface area contributed by atoms with Crippen LogP contribution in [-0.4, -0.2) is 58.0 Å². The fourth-order valence-corrected chi connectivity index (χ4v) is 4.47. The number of rotatable bonds is 7. The van der Waals surface area contributed by atoms with Gasteiger partial charge >= 0.3 is 5.97 Å². The molecule has 0 atom stereocenters. The lowest BCUT2D eigenvalue weighted by molar-refractivity contribution is -0.133. The van der Waals surface area contributed by atoms with Crippen molar-refractivity contribution in [2.24, 2.45) is 5.92 Å². The number of nitrogens with one attached hydrogen (secondary N) is 1. The molecule has 1 aromatic heterocycles. The number of hydrogen-bond acceptors (Lipinski definition) is 6. The highest BCUT2D eigenvalue weighted by molar-refractivity contribution is 6.31. The molecular weight excluding hydrogens is 497 g/mol. The maximum atomic E-state index is 13.6. The van der Waals surface area contributed by atoms with Gasteiger partial charge in [-0.2, -0.15) is 4.98 Å². The molecule has 2 N–H and O–H groups in total. The summed E-state index contributed by atoms with van der Waals surface area (Å²) >= 11 is 5.93. The lowest BCUT2D eigenvalue weighted by Crippen LogP contribution is -2.49. The number of carbonyl (C=O) groups is 2. The van der Waals surface area contributed by atoms with E-state index in [1.54, 1.807) is 12.3 Å². The van der Waals surface area contributed by atoms with Crippen LogP contribution in [0.25, 0.3) is 17.2 Å². The minimum absolute atomic E-state index is 0.00970. The summed E-state index contributed by atoms with van der Waals surface area (Å²) in [6.07, 6.45) is 6.28. The van der Waals surface area contributed by atoms with E-state index in [0.29, 0.717) is 43.6 Å². The smallest absolute Gasteiger partial charge is 0.328 e. The van der Waals surface area contributed by atoms with Gasteiger partial charge in [0.2, 0.25) is 11.9 Å². The van der Waals surface area contributed by atoms with E-state index in [-0.39, 0.29) is 16.8 Å². The molecule has 8 nitrogen and oxygen atoms in total. The summed E-state index contributed by atoms with van der Waals surface area (Å²) < 4.78 is 13.6. The Morgan fingerprint density at radius 2 is 1.89 bits per heavy atom. The first-order chi connectivity index (χ1) is 17.9. The maximum Gasteiger partial charge on any atom is 0.328 e. The number of halogens is 2. The van der Waals surface area contributed by atoms with Crippen molar-refractivity contribution in [3.63, 3.8) is 0 Å².